The molecule has 3 aromatic carbocycles. The Labute approximate surface area is 253 Å². The van der Waals surface area contributed by atoms with Crippen molar-refractivity contribution in [2.24, 2.45) is 5.73 Å². The van der Waals surface area contributed by atoms with E-state index in [9.17, 15) is 39.3 Å². The van der Waals surface area contributed by atoms with Crippen molar-refractivity contribution in [2.45, 2.75) is 37.4 Å². The van der Waals surface area contributed by atoms with E-state index in [4.69, 9.17) is 5.73 Å². The van der Waals surface area contributed by atoms with Crippen LogP contribution in [0.4, 0.5) is 0 Å². The molecule has 0 aromatic heterocycles. The molecule has 3 rings (SSSR count). The molecule has 13 heteroatoms. The number of benzene rings is 3. The van der Waals surface area contributed by atoms with Crippen LogP contribution >= 0.6 is 0 Å². The molecule has 3 atom stereocenters. The molecule has 4 amide bonds. The lowest BCUT2D eigenvalue weighted by atomic mass is 10.0. The van der Waals surface area contributed by atoms with Crippen molar-refractivity contribution in [1.82, 2.24) is 21.3 Å². The van der Waals surface area contributed by atoms with Crippen LogP contribution in [0.1, 0.15) is 16.7 Å². The van der Waals surface area contributed by atoms with Crippen molar-refractivity contribution < 1.29 is 39.3 Å². The minimum absolute atomic E-state index is 0.000226. The van der Waals surface area contributed by atoms with E-state index in [0.717, 1.165) is 0 Å². The molecule has 0 fully saturated rings. The summed E-state index contributed by atoms with van der Waals surface area (Å²) in [7, 11) is 0. The second-order valence-corrected chi connectivity index (χ2v) is 9.99. The quantitative estimate of drug-likeness (QED) is 0.114. The van der Waals surface area contributed by atoms with Gasteiger partial charge in [0.15, 0.2) is 0 Å². The molecule has 0 aliphatic heterocycles. The van der Waals surface area contributed by atoms with E-state index in [1.807, 2.05) is 0 Å². The molecule has 3 aromatic rings. The standard InChI is InChI=1S/C31H35N5O8/c32-17-27(39)33-18-28(40)34-24(14-19-4-2-1-3-5-19)29(41)35-25(15-20-6-10-22(37)11-7-20)30(42)36-26(31(43)44)16-21-8-12-23(38)13-9-21/h1-13,24-26,37-38H,14-18,32H2,(H,33,39)(H,34,40)(H,35,41)(H,36,42)(H,43,44)/t24-,25-,26-/m0/s1. The molecule has 0 saturated heterocycles. The van der Waals surface area contributed by atoms with Crippen LogP contribution in [0.5, 0.6) is 11.5 Å². The minimum atomic E-state index is -1.36. The summed E-state index contributed by atoms with van der Waals surface area (Å²) in [6.07, 6.45) is -0.111. The Balaban J connectivity index is 1.83. The number of carboxylic acids is 1. The zero-order valence-corrected chi connectivity index (χ0v) is 23.7. The van der Waals surface area contributed by atoms with Crippen LogP contribution in [0.2, 0.25) is 0 Å². The molecule has 0 spiro atoms. The predicted molar refractivity (Wildman–Crippen MR) is 159 cm³/mol. The Hall–Kier alpha value is -5.43. The van der Waals surface area contributed by atoms with Crippen LogP contribution in [-0.4, -0.2) is 76.1 Å². The molecule has 0 bridgehead atoms. The van der Waals surface area contributed by atoms with Crippen molar-refractivity contribution in [3.05, 3.63) is 95.6 Å². The number of nitrogens with two attached hydrogens (primary N) is 1. The monoisotopic (exact) mass is 605 g/mol. The fourth-order valence-electron chi connectivity index (χ4n) is 4.24. The number of aliphatic carboxylic acids is 1. The van der Waals surface area contributed by atoms with Crippen LogP contribution in [0.25, 0.3) is 0 Å². The van der Waals surface area contributed by atoms with E-state index < -0.39 is 54.3 Å². The zero-order valence-electron chi connectivity index (χ0n) is 23.7. The number of hydrogen-bond acceptors (Lipinski definition) is 8. The normalized spacial score (nSPS) is 12.7. The van der Waals surface area contributed by atoms with Crippen molar-refractivity contribution in [1.29, 1.82) is 0 Å². The highest BCUT2D eigenvalue weighted by atomic mass is 16.4. The van der Waals surface area contributed by atoms with E-state index in [-0.39, 0.29) is 37.3 Å². The Kier molecular flexibility index (Phi) is 12.2. The van der Waals surface area contributed by atoms with Gasteiger partial charge in [0.1, 0.15) is 29.6 Å². The Bertz CT molecular complexity index is 1430. The number of hydrogen-bond donors (Lipinski definition) is 8. The molecule has 0 aliphatic rings. The highest BCUT2D eigenvalue weighted by molar-refractivity contribution is 5.94. The van der Waals surface area contributed by atoms with Gasteiger partial charge in [-0.1, -0.05) is 54.6 Å². The van der Waals surface area contributed by atoms with Crippen molar-refractivity contribution in [2.75, 3.05) is 13.1 Å². The molecular weight excluding hydrogens is 570 g/mol. The van der Waals surface area contributed by atoms with Gasteiger partial charge in [-0.15, -0.1) is 0 Å². The maximum absolute atomic E-state index is 13.6. The third-order valence-electron chi connectivity index (χ3n) is 6.57. The first-order valence-corrected chi connectivity index (χ1v) is 13.7. The number of amides is 4. The zero-order chi connectivity index (χ0) is 32.1. The highest BCUT2D eigenvalue weighted by Gasteiger charge is 2.30. The number of carbonyl (C=O) groups excluding carboxylic acids is 4. The summed E-state index contributed by atoms with van der Waals surface area (Å²) >= 11 is 0. The summed E-state index contributed by atoms with van der Waals surface area (Å²) in [6, 6.07) is 16.8. The lowest BCUT2D eigenvalue weighted by Gasteiger charge is -2.25. The van der Waals surface area contributed by atoms with Crippen molar-refractivity contribution in [3.63, 3.8) is 0 Å². The summed E-state index contributed by atoms with van der Waals surface area (Å²) in [6.45, 7) is -0.747. The molecule has 232 valence electrons. The van der Waals surface area contributed by atoms with Crippen LogP contribution < -0.4 is 27.0 Å². The number of nitrogens with one attached hydrogen (secondary N) is 4. The van der Waals surface area contributed by atoms with E-state index >= 15 is 0 Å². The van der Waals surface area contributed by atoms with Gasteiger partial charge >= 0.3 is 5.97 Å². The predicted octanol–water partition coefficient (Wildman–Crippen LogP) is -0.260. The average molecular weight is 606 g/mol. The van der Waals surface area contributed by atoms with Crippen LogP contribution in [-0.2, 0) is 43.2 Å². The van der Waals surface area contributed by atoms with Gasteiger partial charge < -0.3 is 42.3 Å². The van der Waals surface area contributed by atoms with E-state index in [1.165, 1.54) is 36.4 Å². The number of phenolic OH excluding ortho intramolecular Hbond substituents is 2. The number of carboxylic acid groups (broad SMARTS) is 1. The smallest absolute Gasteiger partial charge is 0.326 e. The third kappa shape index (κ3) is 10.8. The summed E-state index contributed by atoms with van der Waals surface area (Å²) in [5.41, 5.74) is 7.07. The third-order valence-corrected chi connectivity index (χ3v) is 6.57. The van der Waals surface area contributed by atoms with E-state index in [1.54, 1.807) is 42.5 Å². The number of rotatable bonds is 15. The van der Waals surface area contributed by atoms with Gasteiger partial charge in [0, 0.05) is 19.3 Å². The summed E-state index contributed by atoms with van der Waals surface area (Å²) < 4.78 is 0. The second-order valence-electron chi connectivity index (χ2n) is 9.99. The minimum Gasteiger partial charge on any atom is -0.508 e. The maximum atomic E-state index is 13.6. The molecule has 0 radical (unpaired) electrons. The van der Waals surface area contributed by atoms with Crippen LogP contribution in [0, 0.1) is 0 Å². The first-order chi connectivity index (χ1) is 21.0. The number of phenols is 2. The fraction of sp³-hybridized carbons (Fsp3) is 0.258. The number of aromatic hydroxyl groups is 2. The SMILES string of the molecule is NCC(=O)NCC(=O)N[C@@H](Cc1ccccc1)C(=O)N[C@@H](Cc1ccc(O)cc1)C(=O)N[C@@H](Cc1ccc(O)cc1)C(=O)O. The number of carbonyl (C=O) groups is 5. The summed E-state index contributed by atoms with van der Waals surface area (Å²) in [4.78, 5) is 63.2. The lowest BCUT2D eigenvalue weighted by molar-refractivity contribution is -0.142. The first kappa shape index (κ1) is 33.1. The maximum Gasteiger partial charge on any atom is 0.326 e. The summed E-state index contributed by atoms with van der Waals surface area (Å²) in [5.74, 6) is -4.06. The van der Waals surface area contributed by atoms with Crippen LogP contribution in [0.15, 0.2) is 78.9 Å². The second kappa shape index (κ2) is 16.3. The lowest BCUT2D eigenvalue weighted by Crippen LogP contribution is -2.57. The summed E-state index contributed by atoms with van der Waals surface area (Å²) in [5, 5.41) is 39.0. The topological polar surface area (TPSA) is 220 Å². The van der Waals surface area contributed by atoms with Gasteiger partial charge in [-0.05, 0) is 41.0 Å². The van der Waals surface area contributed by atoms with Gasteiger partial charge in [0.2, 0.25) is 23.6 Å². The molecule has 0 heterocycles. The molecule has 9 N–H and O–H groups in total. The Morgan fingerprint density at radius 1 is 0.591 bits per heavy atom. The van der Waals surface area contributed by atoms with Gasteiger partial charge in [-0.25, -0.2) is 4.79 Å². The van der Waals surface area contributed by atoms with Crippen LogP contribution in [0.3, 0.4) is 0 Å². The largest absolute Gasteiger partial charge is 0.508 e. The molecule has 0 saturated carbocycles. The Morgan fingerprint density at radius 2 is 1.02 bits per heavy atom. The molecule has 0 unspecified atom stereocenters. The fourth-order valence-corrected chi connectivity index (χ4v) is 4.24. The Morgan fingerprint density at radius 3 is 1.50 bits per heavy atom. The van der Waals surface area contributed by atoms with Gasteiger partial charge in [-0.3, -0.25) is 19.2 Å². The van der Waals surface area contributed by atoms with Gasteiger partial charge in [0.05, 0.1) is 13.1 Å². The van der Waals surface area contributed by atoms with Crippen molar-refractivity contribution >= 4 is 29.6 Å². The molecule has 0 aliphatic carbocycles. The van der Waals surface area contributed by atoms with Gasteiger partial charge in [0.25, 0.3) is 0 Å². The van der Waals surface area contributed by atoms with E-state index in [2.05, 4.69) is 21.3 Å². The van der Waals surface area contributed by atoms with Crippen molar-refractivity contribution in [3.8, 4) is 11.5 Å². The molecule has 13 nitrogen and oxygen atoms in total. The van der Waals surface area contributed by atoms with E-state index in [0.29, 0.717) is 16.7 Å². The average Bonchev–Trinajstić information content (AvgIpc) is 3.01. The highest BCUT2D eigenvalue weighted by Crippen LogP contribution is 2.14. The van der Waals surface area contributed by atoms with Gasteiger partial charge in [-0.2, -0.15) is 0 Å². The molecular formula is C31H35N5O8. The first-order valence-electron chi connectivity index (χ1n) is 13.7. The molecule has 44 heavy (non-hydrogen) atoms.